The second-order valence-electron chi connectivity index (χ2n) is 12.5. The number of urea groups is 2. The van der Waals surface area contributed by atoms with Gasteiger partial charge >= 0.3 is 24.4 Å². The zero-order valence-electron chi connectivity index (χ0n) is 28.3. The number of primary amides is 1. The van der Waals surface area contributed by atoms with Gasteiger partial charge in [-0.3, -0.25) is 4.79 Å². The summed E-state index contributed by atoms with van der Waals surface area (Å²) in [4.78, 5) is 38.7. The molecule has 2 aliphatic heterocycles. The zero-order valence-corrected chi connectivity index (χ0v) is 31.3. The third-order valence-electron chi connectivity index (χ3n) is 8.67. The van der Waals surface area contributed by atoms with E-state index in [1.807, 2.05) is 0 Å². The van der Waals surface area contributed by atoms with Crippen LogP contribution >= 0.6 is 46.4 Å². The molecule has 0 spiro atoms. The Labute approximate surface area is 327 Å². The van der Waals surface area contributed by atoms with Gasteiger partial charge in [-0.2, -0.15) is 26.3 Å². The third-order valence-corrected chi connectivity index (χ3v) is 9.84. The molecular formula is C35H35Cl4F6N5O4. The predicted molar refractivity (Wildman–Crippen MR) is 193 cm³/mol. The molecule has 5 rings (SSSR count). The van der Waals surface area contributed by atoms with Gasteiger partial charge in [0.25, 0.3) is 0 Å². The van der Waals surface area contributed by atoms with Gasteiger partial charge in [-0.1, -0.05) is 58.5 Å². The first kappa shape index (κ1) is 42.9. The molecule has 0 radical (unpaired) electrons. The van der Waals surface area contributed by atoms with Crippen LogP contribution in [0.3, 0.4) is 0 Å². The van der Waals surface area contributed by atoms with Gasteiger partial charge in [0.05, 0.1) is 11.1 Å². The van der Waals surface area contributed by atoms with Crippen LogP contribution in [0.1, 0.15) is 47.9 Å². The fourth-order valence-electron chi connectivity index (χ4n) is 5.63. The van der Waals surface area contributed by atoms with Crippen LogP contribution in [0.5, 0.6) is 5.75 Å². The summed E-state index contributed by atoms with van der Waals surface area (Å²) < 4.78 is 83.5. The minimum Gasteiger partial charge on any atom is -0.490 e. The summed E-state index contributed by atoms with van der Waals surface area (Å²) >= 11 is 23.8. The van der Waals surface area contributed by atoms with Crippen molar-refractivity contribution in [2.45, 2.75) is 57.2 Å². The summed E-state index contributed by atoms with van der Waals surface area (Å²) in [5, 5.41) is 7.46. The molecule has 0 unspecified atom stereocenters. The van der Waals surface area contributed by atoms with Gasteiger partial charge < -0.3 is 30.9 Å². The van der Waals surface area contributed by atoms with Gasteiger partial charge in [0, 0.05) is 78.1 Å². The Bertz CT molecular complexity index is 1770. The number of rotatable bonds is 7. The molecule has 2 heterocycles. The smallest absolute Gasteiger partial charge is 0.416 e. The van der Waals surface area contributed by atoms with Crippen molar-refractivity contribution in [3.63, 3.8) is 0 Å². The Hall–Kier alpha value is -3.79. The lowest BCUT2D eigenvalue weighted by Crippen LogP contribution is -2.46. The Morgan fingerprint density at radius 2 is 1.07 bits per heavy atom. The summed E-state index contributed by atoms with van der Waals surface area (Å²) in [7, 11) is 0. The number of piperidine rings is 2. The van der Waals surface area contributed by atoms with E-state index in [1.165, 1.54) is 4.90 Å². The second-order valence-corrected chi connectivity index (χ2v) is 14.2. The van der Waals surface area contributed by atoms with Gasteiger partial charge in [-0.05, 0) is 66.4 Å². The van der Waals surface area contributed by atoms with Crippen LogP contribution < -0.4 is 21.1 Å². The molecule has 54 heavy (non-hydrogen) atoms. The van der Waals surface area contributed by atoms with Crippen molar-refractivity contribution >= 4 is 64.4 Å². The van der Waals surface area contributed by atoms with Crippen LogP contribution in [-0.4, -0.2) is 60.1 Å². The molecule has 9 nitrogen and oxygen atoms in total. The highest BCUT2D eigenvalue weighted by atomic mass is 35.5. The standard InChI is InChI=1S/C21H18Cl2F6N2O2.C14H17Cl2N3O2/c22-15-2-1-12(18(23)10-15)11-30-19(32)31-5-3-16(4-6-31)33-17-8-13(20(24,25)26)7-14(9-17)21(27,28)29;15-11-2-1-10(12(16)7-11)8-18-14(21)19-5-3-9(4-6-19)13(17)20/h1-2,7-10,16H,3-6,11H2,(H,30,32);1-2,7,9H,3-6,8H2,(H2,17,20)(H,18,21). The number of ether oxygens (including phenoxy) is 1. The minimum atomic E-state index is -4.95. The third kappa shape index (κ3) is 12.6. The number of benzene rings is 3. The Morgan fingerprint density at radius 3 is 1.44 bits per heavy atom. The molecule has 2 fully saturated rings. The van der Waals surface area contributed by atoms with Crippen molar-refractivity contribution < 1.29 is 45.5 Å². The molecule has 3 aromatic rings. The summed E-state index contributed by atoms with van der Waals surface area (Å²) in [5.41, 5.74) is 3.86. The number of nitrogens with zero attached hydrogens (tertiary/aromatic N) is 2. The fourth-order valence-corrected chi connectivity index (χ4v) is 6.58. The molecule has 0 bridgehead atoms. The van der Waals surface area contributed by atoms with E-state index in [2.05, 4.69) is 10.6 Å². The molecular weight excluding hydrogens is 810 g/mol. The molecule has 294 valence electrons. The summed E-state index contributed by atoms with van der Waals surface area (Å²) in [5.74, 6) is -0.930. The van der Waals surface area contributed by atoms with Gasteiger partial charge in [0.2, 0.25) is 5.91 Å². The van der Waals surface area contributed by atoms with Crippen LogP contribution in [0.25, 0.3) is 0 Å². The first-order valence-electron chi connectivity index (χ1n) is 16.5. The lowest BCUT2D eigenvalue weighted by molar-refractivity contribution is -0.143. The van der Waals surface area contributed by atoms with Gasteiger partial charge in [0.15, 0.2) is 0 Å². The molecule has 2 aliphatic rings. The summed E-state index contributed by atoms with van der Waals surface area (Å²) in [6.07, 6.45) is -8.82. The van der Waals surface area contributed by atoms with E-state index in [4.69, 9.17) is 56.9 Å². The number of alkyl halides is 6. The number of carbonyl (C=O) groups is 3. The molecule has 0 atom stereocenters. The first-order valence-corrected chi connectivity index (χ1v) is 18.0. The number of amides is 5. The van der Waals surface area contributed by atoms with Crippen molar-refractivity contribution in [3.8, 4) is 5.75 Å². The van der Waals surface area contributed by atoms with Crippen molar-refractivity contribution in [1.29, 1.82) is 0 Å². The predicted octanol–water partition coefficient (Wildman–Crippen LogP) is 9.18. The molecule has 0 saturated carbocycles. The summed E-state index contributed by atoms with van der Waals surface area (Å²) in [6.45, 7) is 2.01. The van der Waals surface area contributed by atoms with Crippen molar-refractivity contribution in [3.05, 3.63) is 96.9 Å². The lowest BCUT2D eigenvalue weighted by Gasteiger charge is -2.32. The monoisotopic (exact) mass is 843 g/mol. The highest BCUT2D eigenvalue weighted by Crippen LogP contribution is 2.39. The second kappa shape index (κ2) is 18.7. The van der Waals surface area contributed by atoms with Gasteiger partial charge in [-0.25, -0.2) is 9.59 Å². The van der Waals surface area contributed by atoms with Gasteiger partial charge in [0.1, 0.15) is 11.9 Å². The molecule has 0 aliphatic carbocycles. The summed E-state index contributed by atoms with van der Waals surface area (Å²) in [6, 6.07) is 10.6. The zero-order chi connectivity index (χ0) is 39.8. The van der Waals surface area contributed by atoms with Crippen LogP contribution in [0.15, 0.2) is 54.6 Å². The number of carbonyl (C=O) groups excluding carboxylic acids is 3. The lowest BCUT2D eigenvalue weighted by atomic mass is 9.96. The molecule has 4 N–H and O–H groups in total. The normalized spacial score (nSPS) is 15.6. The average molecular weight is 845 g/mol. The number of halogens is 10. The van der Waals surface area contributed by atoms with Crippen LogP contribution in [0.4, 0.5) is 35.9 Å². The average Bonchev–Trinajstić information content (AvgIpc) is 3.10. The number of nitrogens with one attached hydrogen (secondary N) is 2. The van der Waals surface area contributed by atoms with Crippen molar-refractivity contribution in [2.75, 3.05) is 26.2 Å². The first-order chi connectivity index (χ1) is 25.3. The van der Waals surface area contributed by atoms with E-state index < -0.39 is 35.3 Å². The highest BCUT2D eigenvalue weighted by Gasteiger charge is 2.37. The van der Waals surface area contributed by atoms with Crippen LogP contribution in [-0.2, 0) is 30.2 Å². The molecule has 3 aromatic carbocycles. The highest BCUT2D eigenvalue weighted by molar-refractivity contribution is 6.35. The van der Waals surface area contributed by atoms with Crippen molar-refractivity contribution in [2.24, 2.45) is 11.7 Å². The number of hydrogen-bond acceptors (Lipinski definition) is 4. The number of hydrogen-bond donors (Lipinski definition) is 3. The van der Waals surface area contributed by atoms with E-state index in [-0.39, 0.29) is 62.4 Å². The maximum atomic E-state index is 13.0. The SMILES string of the molecule is NC(=O)C1CCN(C(=O)NCc2ccc(Cl)cc2Cl)CC1.O=C(NCc1ccc(Cl)cc1Cl)N1CCC(Oc2cc(C(F)(F)F)cc(C(F)(F)F)c2)CC1. The number of likely N-dealkylation sites (tertiary alicyclic amines) is 2. The van der Waals surface area contributed by atoms with E-state index in [9.17, 15) is 40.7 Å². The maximum Gasteiger partial charge on any atom is 0.416 e. The van der Waals surface area contributed by atoms with E-state index in [0.29, 0.717) is 70.3 Å². The Balaban J connectivity index is 0.000000266. The molecule has 19 heteroatoms. The van der Waals surface area contributed by atoms with Crippen LogP contribution in [0.2, 0.25) is 20.1 Å². The van der Waals surface area contributed by atoms with E-state index in [1.54, 1.807) is 41.3 Å². The minimum absolute atomic E-state index is 0.0484. The Morgan fingerprint density at radius 1 is 0.667 bits per heavy atom. The van der Waals surface area contributed by atoms with E-state index >= 15 is 0 Å². The van der Waals surface area contributed by atoms with E-state index in [0.717, 1.165) is 5.56 Å². The topological polar surface area (TPSA) is 117 Å². The Kier molecular flexibility index (Phi) is 14.9. The quantitative estimate of drug-likeness (QED) is 0.206. The van der Waals surface area contributed by atoms with Gasteiger partial charge in [-0.15, -0.1) is 0 Å². The molecule has 5 amide bonds. The maximum absolute atomic E-state index is 13.0. The molecule has 0 aromatic heterocycles. The van der Waals surface area contributed by atoms with Crippen molar-refractivity contribution in [1.82, 2.24) is 20.4 Å². The fraction of sp³-hybridized carbons (Fsp3) is 0.400. The largest absolute Gasteiger partial charge is 0.490 e. The molecule has 2 saturated heterocycles. The van der Waals surface area contributed by atoms with Crippen LogP contribution in [0, 0.1) is 5.92 Å². The number of nitrogens with two attached hydrogens (primary N) is 1.